The zero-order chi connectivity index (χ0) is 11.2. The molecule has 0 amide bonds. The normalized spacial score (nSPS) is 21.2. The first-order valence-corrected chi connectivity index (χ1v) is 7.64. The van der Waals surface area contributed by atoms with Gasteiger partial charge in [0.15, 0.2) is 0 Å². The van der Waals surface area contributed by atoms with Gasteiger partial charge >= 0.3 is 0 Å². The summed E-state index contributed by atoms with van der Waals surface area (Å²) in [5, 5.41) is 7.10. The topological polar surface area (TPSA) is 24.1 Å². The van der Waals surface area contributed by atoms with Gasteiger partial charge in [0.1, 0.15) is 0 Å². The van der Waals surface area contributed by atoms with Crippen LogP contribution in [0.15, 0.2) is 15.9 Å². The monoisotopic (exact) mass is 302 g/mol. The quantitative estimate of drug-likeness (QED) is 0.817. The molecule has 0 saturated carbocycles. The van der Waals surface area contributed by atoms with Crippen molar-refractivity contribution < 1.29 is 0 Å². The molecule has 0 aliphatic carbocycles. The van der Waals surface area contributed by atoms with Crippen molar-refractivity contribution in [3.8, 4) is 0 Å². The Morgan fingerprint density at radius 1 is 1.44 bits per heavy atom. The van der Waals surface area contributed by atoms with Gasteiger partial charge in [-0.25, -0.2) is 0 Å². The third kappa shape index (κ3) is 4.17. The van der Waals surface area contributed by atoms with E-state index in [0.717, 1.165) is 19.5 Å². The second kappa shape index (κ2) is 6.74. The van der Waals surface area contributed by atoms with E-state index in [1.165, 1.54) is 34.5 Å². The summed E-state index contributed by atoms with van der Waals surface area (Å²) in [5.41, 5.74) is 0. The average Bonchev–Trinajstić information content (AvgIpc) is 2.72. The summed E-state index contributed by atoms with van der Waals surface area (Å²) in [4.78, 5) is 1.45. The highest BCUT2D eigenvalue weighted by molar-refractivity contribution is 9.11. The van der Waals surface area contributed by atoms with Crippen LogP contribution in [-0.4, -0.2) is 25.7 Å². The number of piperidine rings is 1. The molecule has 0 radical (unpaired) electrons. The third-order valence-electron chi connectivity index (χ3n) is 2.98. The summed E-state index contributed by atoms with van der Waals surface area (Å²) in [6.45, 7) is 3.40. The molecule has 1 fully saturated rings. The standard InChI is InChI=1S/C12H19BrN2S/c13-12-5-4-11(16-12)6-8-14-9-10-3-1-2-7-15-10/h4-5,10,14-15H,1-3,6-9H2. The molecule has 2 rings (SSSR count). The van der Waals surface area contributed by atoms with Crippen molar-refractivity contribution in [3.63, 3.8) is 0 Å². The van der Waals surface area contributed by atoms with Gasteiger partial charge in [-0.15, -0.1) is 11.3 Å². The van der Waals surface area contributed by atoms with Gasteiger partial charge in [0.25, 0.3) is 0 Å². The zero-order valence-corrected chi connectivity index (χ0v) is 11.9. The predicted molar refractivity (Wildman–Crippen MR) is 74.2 cm³/mol. The maximum atomic E-state index is 3.55. The molecular formula is C12H19BrN2S. The van der Waals surface area contributed by atoms with Crippen molar-refractivity contribution >= 4 is 27.3 Å². The molecule has 90 valence electrons. The van der Waals surface area contributed by atoms with Crippen molar-refractivity contribution in [1.82, 2.24) is 10.6 Å². The van der Waals surface area contributed by atoms with Crippen molar-refractivity contribution in [1.29, 1.82) is 0 Å². The Morgan fingerprint density at radius 2 is 2.38 bits per heavy atom. The Kier molecular flexibility index (Phi) is 5.29. The van der Waals surface area contributed by atoms with Gasteiger partial charge in [-0.2, -0.15) is 0 Å². The van der Waals surface area contributed by atoms with Crippen molar-refractivity contribution in [2.24, 2.45) is 0 Å². The number of halogens is 1. The summed E-state index contributed by atoms with van der Waals surface area (Å²) in [5.74, 6) is 0. The molecule has 1 aromatic rings. The first kappa shape index (κ1) is 12.6. The predicted octanol–water partition coefficient (Wildman–Crippen LogP) is 2.78. The van der Waals surface area contributed by atoms with E-state index in [0.29, 0.717) is 6.04 Å². The molecule has 2 nitrogen and oxygen atoms in total. The van der Waals surface area contributed by atoms with Gasteiger partial charge in [-0.05, 0) is 53.9 Å². The van der Waals surface area contributed by atoms with E-state index in [-0.39, 0.29) is 0 Å². The van der Waals surface area contributed by atoms with Gasteiger partial charge < -0.3 is 10.6 Å². The van der Waals surface area contributed by atoms with E-state index in [4.69, 9.17) is 0 Å². The molecule has 1 atom stereocenters. The van der Waals surface area contributed by atoms with Crippen LogP contribution >= 0.6 is 27.3 Å². The number of thiophene rings is 1. The smallest absolute Gasteiger partial charge is 0.0701 e. The van der Waals surface area contributed by atoms with E-state index in [9.17, 15) is 0 Å². The van der Waals surface area contributed by atoms with Gasteiger partial charge in [0.2, 0.25) is 0 Å². The minimum atomic E-state index is 0.698. The SMILES string of the molecule is Brc1ccc(CCNCC2CCCCN2)s1. The van der Waals surface area contributed by atoms with Gasteiger partial charge in [-0.3, -0.25) is 0 Å². The van der Waals surface area contributed by atoms with Crippen LogP contribution in [0, 0.1) is 0 Å². The van der Waals surface area contributed by atoms with Crippen LogP contribution in [-0.2, 0) is 6.42 Å². The summed E-state index contributed by atoms with van der Waals surface area (Å²) < 4.78 is 1.23. The number of hydrogen-bond donors (Lipinski definition) is 2. The molecule has 2 N–H and O–H groups in total. The van der Waals surface area contributed by atoms with E-state index in [1.807, 2.05) is 11.3 Å². The minimum Gasteiger partial charge on any atom is -0.315 e. The number of rotatable bonds is 5. The Hall–Kier alpha value is 0.1000. The lowest BCUT2D eigenvalue weighted by molar-refractivity contribution is 0.384. The largest absolute Gasteiger partial charge is 0.315 e. The number of hydrogen-bond acceptors (Lipinski definition) is 3. The highest BCUT2D eigenvalue weighted by Crippen LogP contribution is 2.22. The summed E-state index contributed by atoms with van der Waals surface area (Å²) >= 11 is 5.33. The molecule has 1 aromatic heterocycles. The minimum absolute atomic E-state index is 0.698. The van der Waals surface area contributed by atoms with E-state index < -0.39 is 0 Å². The molecule has 0 spiro atoms. The molecule has 0 bridgehead atoms. The van der Waals surface area contributed by atoms with Crippen LogP contribution in [0.5, 0.6) is 0 Å². The Bertz CT molecular complexity index is 308. The lowest BCUT2D eigenvalue weighted by Gasteiger charge is -2.23. The van der Waals surface area contributed by atoms with E-state index in [1.54, 1.807) is 0 Å². The molecule has 4 heteroatoms. The van der Waals surface area contributed by atoms with Crippen molar-refractivity contribution in [2.75, 3.05) is 19.6 Å². The fourth-order valence-electron chi connectivity index (χ4n) is 2.07. The summed E-state index contributed by atoms with van der Waals surface area (Å²) in [6.07, 6.45) is 5.21. The lowest BCUT2D eigenvalue weighted by Crippen LogP contribution is -2.42. The zero-order valence-electron chi connectivity index (χ0n) is 9.47. The van der Waals surface area contributed by atoms with Crippen molar-refractivity contribution in [3.05, 3.63) is 20.8 Å². The van der Waals surface area contributed by atoms with Crippen LogP contribution in [0.2, 0.25) is 0 Å². The number of nitrogens with one attached hydrogen (secondary N) is 2. The van der Waals surface area contributed by atoms with Crippen LogP contribution in [0.25, 0.3) is 0 Å². The highest BCUT2D eigenvalue weighted by Gasteiger charge is 2.11. The maximum absolute atomic E-state index is 3.55. The van der Waals surface area contributed by atoms with Crippen LogP contribution < -0.4 is 10.6 Å². The van der Waals surface area contributed by atoms with Crippen molar-refractivity contribution in [2.45, 2.75) is 31.7 Å². The van der Waals surface area contributed by atoms with Gasteiger partial charge in [0.05, 0.1) is 3.79 Å². The van der Waals surface area contributed by atoms with Gasteiger partial charge in [0, 0.05) is 24.0 Å². The first-order valence-electron chi connectivity index (χ1n) is 6.03. The molecule has 16 heavy (non-hydrogen) atoms. The van der Waals surface area contributed by atoms with Crippen LogP contribution in [0.4, 0.5) is 0 Å². The fraction of sp³-hybridized carbons (Fsp3) is 0.667. The van der Waals surface area contributed by atoms with Crippen LogP contribution in [0.1, 0.15) is 24.1 Å². The molecule has 1 aliphatic heterocycles. The fourth-order valence-corrected chi connectivity index (χ4v) is 3.55. The molecule has 1 aliphatic rings. The molecular weight excluding hydrogens is 284 g/mol. The van der Waals surface area contributed by atoms with E-state index >= 15 is 0 Å². The second-order valence-electron chi connectivity index (χ2n) is 4.31. The summed E-state index contributed by atoms with van der Waals surface area (Å²) in [6, 6.07) is 5.03. The van der Waals surface area contributed by atoms with E-state index in [2.05, 4.69) is 38.7 Å². The Morgan fingerprint density at radius 3 is 3.06 bits per heavy atom. The lowest BCUT2D eigenvalue weighted by atomic mass is 10.1. The third-order valence-corrected chi connectivity index (χ3v) is 4.66. The molecule has 1 unspecified atom stereocenters. The van der Waals surface area contributed by atoms with Crippen LogP contribution in [0.3, 0.4) is 0 Å². The maximum Gasteiger partial charge on any atom is 0.0701 e. The molecule has 2 heterocycles. The second-order valence-corrected chi connectivity index (χ2v) is 6.85. The Labute approximate surface area is 110 Å². The average molecular weight is 303 g/mol. The first-order chi connectivity index (χ1) is 7.84. The molecule has 1 saturated heterocycles. The highest BCUT2D eigenvalue weighted by atomic mass is 79.9. The van der Waals surface area contributed by atoms with Gasteiger partial charge in [-0.1, -0.05) is 6.42 Å². The Balaban J connectivity index is 1.57. The molecule has 0 aromatic carbocycles. The summed E-state index contributed by atoms with van der Waals surface area (Å²) in [7, 11) is 0.